The molecule has 1 saturated carbocycles. The lowest BCUT2D eigenvalue weighted by molar-refractivity contribution is -0.104. The number of hydrogen-bond acceptors (Lipinski definition) is 3. The van der Waals surface area contributed by atoms with E-state index in [1.165, 1.54) is 42.5 Å². The van der Waals surface area contributed by atoms with E-state index in [-0.39, 0.29) is 12.5 Å². The van der Waals surface area contributed by atoms with Gasteiger partial charge in [0, 0.05) is 12.8 Å². The number of benzene rings is 1. The number of anilines is 1. The normalized spacial score (nSPS) is 27.3. The van der Waals surface area contributed by atoms with Gasteiger partial charge in [-0.2, -0.15) is 0 Å². The minimum atomic E-state index is -0.121. The zero-order valence-corrected chi connectivity index (χ0v) is 13.0. The zero-order valence-electron chi connectivity index (χ0n) is 13.0. The van der Waals surface area contributed by atoms with Crippen LogP contribution in [0.25, 0.3) is 0 Å². The molecule has 0 bridgehead atoms. The van der Waals surface area contributed by atoms with Crippen molar-refractivity contribution in [3.63, 3.8) is 0 Å². The van der Waals surface area contributed by atoms with E-state index in [2.05, 4.69) is 42.7 Å². The molecule has 1 aromatic rings. The molecule has 2 fully saturated rings. The highest BCUT2D eigenvalue weighted by Crippen LogP contribution is 2.35. The second-order valence-corrected chi connectivity index (χ2v) is 6.17. The maximum Gasteiger partial charge on any atom is 0.177 e. The number of ether oxygens (including phenoxy) is 2. The highest BCUT2D eigenvalue weighted by Gasteiger charge is 2.29. The Labute approximate surface area is 127 Å². The van der Waals surface area contributed by atoms with Crippen LogP contribution in [-0.2, 0) is 9.47 Å². The Morgan fingerprint density at radius 3 is 2.43 bits per heavy atom. The maximum absolute atomic E-state index is 5.73. The molecule has 1 aliphatic carbocycles. The summed E-state index contributed by atoms with van der Waals surface area (Å²) in [5.41, 5.74) is 4.09. The first kappa shape index (κ1) is 14.6. The van der Waals surface area contributed by atoms with E-state index in [0.717, 1.165) is 6.54 Å². The molecule has 3 rings (SSSR count). The van der Waals surface area contributed by atoms with Gasteiger partial charge < -0.3 is 14.4 Å². The van der Waals surface area contributed by atoms with Gasteiger partial charge in [0.1, 0.15) is 6.23 Å². The molecule has 1 heterocycles. The van der Waals surface area contributed by atoms with Crippen molar-refractivity contribution in [1.29, 1.82) is 0 Å². The molecule has 0 spiro atoms. The highest BCUT2D eigenvalue weighted by atomic mass is 16.7. The number of methoxy groups -OCH3 is 1. The lowest BCUT2D eigenvalue weighted by Crippen LogP contribution is -2.27. The van der Waals surface area contributed by atoms with Crippen LogP contribution in [0.1, 0.15) is 44.1 Å². The Bertz CT molecular complexity index is 486. The van der Waals surface area contributed by atoms with E-state index in [9.17, 15) is 0 Å². The third-order valence-corrected chi connectivity index (χ3v) is 4.79. The van der Waals surface area contributed by atoms with Crippen molar-refractivity contribution < 1.29 is 9.47 Å². The van der Waals surface area contributed by atoms with Crippen molar-refractivity contribution in [3.05, 3.63) is 42.0 Å². The molecule has 2 aliphatic rings. The number of rotatable bonds is 3. The molecule has 1 aromatic carbocycles. The molecule has 0 radical (unpaired) electrons. The monoisotopic (exact) mass is 287 g/mol. The van der Waals surface area contributed by atoms with Crippen molar-refractivity contribution in [1.82, 2.24) is 0 Å². The van der Waals surface area contributed by atoms with Crippen LogP contribution in [0.4, 0.5) is 5.69 Å². The fourth-order valence-electron chi connectivity index (χ4n) is 3.39. The molecule has 3 heteroatoms. The van der Waals surface area contributed by atoms with Crippen molar-refractivity contribution in [2.24, 2.45) is 0 Å². The van der Waals surface area contributed by atoms with Gasteiger partial charge in [0.15, 0.2) is 6.29 Å². The standard InChI is InChI=1S/C18H25NO2/c1-13-4-6-15(7-5-13)16-8-10-17(11-9-16)19-12-18(20-3)21-14(19)2/h8-11,14-15,18H,1,4-7,12H2,2-3H3/t14-,18?/m1/s1. The molecule has 2 atom stereocenters. The van der Waals surface area contributed by atoms with Gasteiger partial charge in [-0.05, 0) is 56.2 Å². The van der Waals surface area contributed by atoms with Gasteiger partial charge in [-0.1, -0.05) is 24.3 Å². The first-order valence-electron chi connectivity index (χ1n) is 7.89. The topological polar surface area (TPSA) is 21.7 Å². The average molecular weight is 287 g/mol. The SMILES string of the molecule is C=C1CCC(c2ccc(N3CC(OC)O[C@@H]3C)cc2)CC1. The average Bonchev–Trinajstić information content (AvgIpc) is 2.89. The molecular formula is C18H25NO2. The van der Waals surface area contributed by atoms with Crippen LogP contribution < -0.4 is 4.90 Å². The van der Waals surface area contributed by atoms with Gasteiger partial charge >= 0.3 is 0 Å². The molecule has 1 aliphatic heterocycles. The Morgan fingerprint density at radius 2 is 1.86 bits per heavy atom. The second kappa shape index (κ2) is 6.20. The van der Waals surface area contributed by atoms with Gasteiger partial charge in [-0.15, -0.1) is 0 Å². The smallest absolute Gasteiger partial charge is 0.177 e. The lowest BCUT2D eigenvalue weighted by Gasteiger charge is -2.25. The maximum atomic E-state index is 5.73. The van der Waals surface area contributed by atoms with Crippen LogP contribution in [-0.4, -0.2) is 26.2 Å². The molecule has 114 valence electrons. The third kappa shape index (κ3) is 3.14. The van der Waals surface area contributed by atoms with Gasteiger partial charge in [0.05, 0.1) is 6.54 Å². The van der Waals surface area contributed by atoms with E-state index in [1.807, 2.05) is 0 Å². The molecular weight excluding hydrogens is 262 g/mol. The molecule has 0 N–H and O–H groups in total. The van der Waals surface area contributed by atoms with Crippen LogP contribution in [0.15, 0.2) is 36.4 Å². The summed E-state index contributed by atoms with van der Waals surface area (Å²) in [5.74, 6) is 0.698. The van der Waals surface area contributed by atoms with E-state index < -0.39 is 0 Å². The van der Waals surface area contributed by atoms with Crippen molar-refractivity contribution in [2.45, 2.75) is 51.0 Å². The molecule has 1 unspecified atom stereocenters. The number of nitrogens with zero attached hydrogens (tertiary/aromatic N) is 1. The lowest BCUT2D eigenvalue weighted by atomic mass is 9.82. The summed E-state index contributed by atoms with van der Waals surface area (Å²) < 4.78 is 11.0. The van der Waals surface area contributed by atoms with Crippen molar-refractivity contribution in [2.75, 3.05) is 18.6 Å². The minimum absolute atomic E-state index is 0.0683. The first-order chi connectivity index (χ1) is 10.2. The van der Waals surface area contributed by atoms with Crippen LogP contribution in [0.2, 0.25) is 0 Å². The van der Waals surface area contributed by atoms with Crippen LogP contribution in [0.5, 0.6) is 0 Å². The van der Waals surface area contributed by atoms with Gasteiger partial charge in [0.2, 0.25) is 0 Å². The summed E-state index contributed by atoms with van der Waals surface area (Å²) in [5, 5.41) is 0. The van der Waals surface area contributed by atoms with E-state index in [4.69, 9.17) is 9.47 Å². The molecule has 0 aromatic heterocycles. The highest BCUT2D eigenvalue weighted by molar-refractivity contribution is 5.49. The Hall–Kier alpha value is -1.32. The zero-order chi connectivity index (χ0) is 14.8. The first-order valence-corrected chi connectivity index (χ1v) is 7.89. The van der Waals surface area contributed by atoms with Crippen LogP contribution in [0, 0.1) is 0 Å². The Morgan fingerprint density at radius 1 is 1.19 bits per heavy atom. The third-order valence-electron chi connectivity index (χ3n) is 4.79. The molecule has 21 heavy (non-hydrogen) atoms. The van der Waals surface area contributed by atoms with E-state index in [0.29, 0.717) is 5.92 Å². The number of hydrogen-bond donors (Lipinski definition) is 0. The Balaban J connectivity index is 1.68. The Kier molecular flexibility index (Phi) is 4.32. The van der Waals surface area contributed by atoms with Gasteiger partial charge in [0.25, 0.3) is 0 Å². The van der Waals surface area contributed by atoms with Crippen molar-refractivity contribution in [3.8, 4) is 0 Å². The van der Waals surface area contributed by atoms with Gasteiger partial charge in [-0.3, -0.25) is 0 Å². The van der Waals surface area contributed by atoms with Crippen LogP contribution in [0.3, 0.4) is 0 Å². The van der Waals surface area contributed by atoms with E-state index in [1.54, 1.807) is 7.11 Å². The fourth-order valence-corrected chi connectivity index (χ4v) is 3.39. The quantitative estimate of drug-likeness (QED) is 0.783. The largest absolute Gasteiger partial charge is 0.354 e. The van der Waals surface area contributed by atoms with Crippen molar-refractivity contribution >= 4 is 5.69 Å². The molecule has 3 nitrogen and oxygen atoms in total. The van der Waals surface area contributed by atoms with Gasteiger partial charge in [-0.25, -0.2) is 0 Å². The second-order valence-electron chi connectivity index (χ2n) is 6.17. The molecule has 0 amide bonds. The summed E-state index contributed by atoms with van der Waals surface area (Å²) in [7, 11) is 1.70. The summed E-state index contributed by atoms with van der Waals surface area (Å²) in [6.45, 7) is 6.96. The summed E-state index contributed by atoms with van der Waals surface area (Å²) in [4.78, 5) is 2.25. The summed E-state index contributed by atoms with van der Waals surface area (Å²) in [6, 6.07) is 9.00. The predicted octanol–water partition coefficient (Wildman–Crippen LogP) is 4.06. The fraction of sp³-hybridized carbons (Fsp3) is 0.556. The molecule has 1 saturated heterocycles. The van der Waals surface area contributed by atoms with Crippen LogP contribution >= 0.6 is 0 Å². The predicted molar refractivity (Wildman–Crippen MR) is 85.5 cm³/mol. The number of allylic oxidation sites excluding steroid dienone is 1. The minimum Gasteiger partial charge on any atom is -0.354 e. The summed E-state index contributed by atoms with van der Waals surface area (Å²) >= 11 is 0. The summed E-state index contributed by atoms with van der Waals surface area (Å²) in [6.07, 6.45) is 4.79. The van der Waals surface area contributed by atoms with E-state index >= 15 is 0 Å².